The maximum absolute atomic E-state index is 10.8. The number of hydrogen-bond donors (Lipinski definition) is 1. The Hall–Kier alpha value is -1.10. The summed E-state index contributed by atoms with van der Waals surface area (Å²) in [6, 6.07) is 0. The summed E-state index contributed by atoms with van der Waals surface area (Å²) in [5, 5.41) is 3.71. The molecule has 1 aliphatic heterocycles. The molecule has 5 heteroatoms. The first-order valence-electron chi connectivity index (χ1n) is 3.74. The normalized spacial score (nSPS) is 21.5. The predicted octanol–water partition coefficient (Wildman–Crippen LogP) is -0.347. The Balaban J connectivity index is 2.32. The molecule has 68 valence electrons. The first-order valence-corrected chi connectivity index (χ1v) is 3.74. The second-order valence-corrected chi connectivity index (χ2v) is 2.58. The van der Waals surface area contributed by atoms with Gasteiger partial charge in [-0.05, 0) is 0 Å². The van der Waals surface area contributed by atoms with E-state index in [0.29, 0.717) is 18.7 Å². The van der Waals surface area contributed by atoms with Crippen molar-refractivity contribution in [2.75, 3.05) is 13.7 Å². The third-order valence-corrected chi connectivity index (χ3v) is 1.63. The van der Waals surface area contributed by atoms with Gasteiger partial charge in [0.25, 0.3) is 0 Å². The molecule has 1 aliphatic rings. The Bertz CT molecular complexity index is 203. The number of carbonyl (C=O) groups is 1. The molecule has 1 unspecified atom stereocenters. The Morgan fingerprint density at radius 3 is 3.17 bits per heavy atom. The monoisotopic (exact) mass is 172 g/mol. The number of methoxy groups -OCH3 is 1. The molecule has 1 heterocycles. The summed E-state index contributed by atoms with van der Waals surface area (Å²) in [6.45, 7) is 0.425. The Kier molecular flexibility index (Phi) is 3.04. The number of rotatable bonds is 3. The van der Waals surface area contributed by atoms with Crippen molar-refractivity contribution in [3.8, 4) is 0 Å². The molecule has 0 saturated heterocycles. The highest BCUT2D eigenvalue weighted by Crippen LogP contribution is 2.11. The molecular formula is C7H12N2O3. The summed E-state index contributed by atoms with van der Waals surface area (Å²) in [5.74, 6) is -0.296. The van der Waals surface area contributed by atoms with Gasteiger partial charge in [-0.3, -0.25) is 4.79 Å². The summed E-state index contributed by atoms with van der Waals surface area (Å²) in [7, 11) is 1.35. The van der Waals surface area contributed by atoms with E-state index in [1.54, 1.807) is 0 Å². The molecule has 0 aromatic carbocycles. The van der Waals surface area contributed by atoms with E-state index in [2.05, 4.69) is 9.89 Å². The standard InChI is InChI=1S/C7H12N2O3/c1-11-7(10)3-5-2-6(4-8)12-9-5/h6H,2-4,8H2,1H3. The van der Waals surface area contributed by atoms with Gasteiger partial charge < -0.3 is 15.3 Å². The first kappa shape index (κ1) is 8.99. The Labute approximate surface area is 70.5 Å². The van der Waals surface area contributed by atoms with Crippen LogP contribution in [0.25, 0.3) is 0 Å². The van der Waals surface area contributed by atoms with Crippen molar-refractivity contribution in [1.82, 2.24) is 0 Å². The van der Waals surface area contributed by atoms with Crippen LogP contribution < -0.4 is 5.73 Å². The molecule has 0 saturated carbocycles. The van der Waals surface area contributed by atoms with Gasteiger partial charge in [0.1, 0.15) is 6.10 Å². The topological polar surface area (TPSA) is 73.9 Å². The van der Waals surface area contributed by atoms with E-state index in [9.17, 15) is 4.79 Å². The van der Waals surface area contributed by atoms with E-state index in [0.717, 1.165) is 0 Å². The lowest BCUT2D eigenvalue weighted by Gasteiger charge is -2.01. The van der Waals surface area contributed by atoms with Crippen LogP contribution in [0.3, 0.4) is 0 Å². The average Bonchev–Trinajstić information content (AvgIpc) is 2.52. The highest BCUT2D eigenvalue weighted by atomic mass is 16.6. The van der Waals surface area contributed by atoms with E-state index >= 15 is 0 Å². The van der Waals surface area contributed by atoms with E-state index in [-0.39, 0.29) is 18.5 Å². The molecule has 0 aromatic heterocycles. The Morgan fingerprint density at radius 2 is 2.67 bits per heavy atom. The molecule has 1 atom stereocenters. The van der Waals surface area contributed by atoms with Crippen molar-refractivity contribution < 1.29 is 14.4 Å². The van der Waals surface area contributed by atoms with Crippen LogP contribution in [-0.4, -0.2) is 31.4 Å². The minimum absolute atomic E-state index is 0.0651. The molecule has 0 radical (unpaired) electrons. The van der Waals surface area contributed by atoms with Crippen LogP contribution in [0.1, 0.15) is 12.8 Å². The number of nitrogens with two attached hydrogens (primary N) is 1. The zero-order valence-corrected chi connectivity index (χ0v) is 6.95. The Morgan fingerprint density at radius 1 is 1.92 bits per heavy atom. The summed E-state index contributed by atoms with van der Waals surface area (Å²) < 4.78 is 4.47. The van der Waals surface area contributed by atoms with Crippen molar-refractivity contribution in [2.45, 2.75) is 18.9 Å². The SMILES string of the molecule is COC(=O)CC1=NOC(CN)C1. The van der Waals surface area contributed by atoms with Gasteiger partial charge in [0.15, 0.2) is 0 Å². The molecule has 5 nitrogen and oxygen atoms in total. The summed E-state index contributed by atoms with van der Waals surface area (Å²) in [6.07, 6.45) is 0.767. The van der Waals surface area contributed by atoms with Gasteiger partial charge in [0.2, 0.25) is 0 Å². The maximum Gasteiger partial charge on any atom is 0.311 e. The van der Waals surface area contributed by atoms with Crippen LogP contribution in [0.5, 0.6) is 0 Å². The highest BCUT2D eigenvalue weighted by molar-refractivity contribution is 5.99. The lowest BCUT2D eigenvalue weighted by molar-refractivity contribution is -0.139. The van der Waals surface area contributed by atoms with Gasteiger partial charge in [-0.2, -0.15) is 0 Å². The van der Waals surface area contributed by atoms with Crippen LogP contribution in [0.4, 0.5) is 0 Å². The minimum atomic E-state index is -0.296. The van der Waals surface area contributed by atoms with Gasteiger partial charge in [-0.25, -0.2) is 0 Å². The molecule has 1 rings (SSSR count). The lowest BCUT2D eigenvalue weighted by atomic mass is 10.1. The first-order chi connectivity index (χ1) is 5.76. The van der Waals surface area contributed by atoms with Crippen LogP contribution in [-0.2, 0) is 14.4 Å². The fourth-order valence-corrected chi connectivity index (χ4v) is 0.956. The third kappa shape index (κ3) is 2.20. The van der Waals surface area contributed by atoms with Gasteiger partial charge in [0, 0.05) is 13.0 Å². The predicted molar refractivity (Wildman–Crippen MR) is 42.6 cm³/mol. The van der Waals surface area contributed by atoms with Gasteiger partial charge >= 0.3 is 5.97 Å². The van der Waals surface area contributed by atoms with Crippen molar-refractivity contribution in [2.24, 2.45) is 10.9 Å². The average molecular weight is 172 g/mol. The highest BCUT2D eigenvalue weighted by Gasteiger charge is 2.21. The summed E-state index contributed by atoms with van der Waals surface area (Å²) in [5.41, 5.74) is 6.05. The quantitative estimate of drug-likeness (QED) is 0.590. The third-order valence-electron chi connectivity index (χ3n) is 1.63. The van der Waals surface area contributed by atoms with Crippen LogP contribution in [0.2, 0.25) is 0 Å². The lowest BCUT2D eigenvalue weighted by Crippen LogP contribution is -2.20. The largest absolute Gasteiger partial charge is 0.469 e. The summed E-state index contributed by atoms with van der Waals surface area (Å²) >= 11 is 0. The molecule has 0 bridgehead atoms. The molecular weight excluding hydrogens is 160 g/mol. The number of oxime groups is 1. The van der Waals surface area contributed by atoms with Crippen LogP contribution in [0.15, 0.2) is 5.16 Å². The molecule has 0 amide bonds. The van der Waals surface area contributed by atoms with Crippen molar-refractivity contribution in [3.63, 3.8) is 0 Å². The summed E-state index contributed by atoms with van der Waals surface area (Å²) in [4.78, 5) is 15.7. The van der Waals surface area contributed by atoms with Crippen molar-refractivity contribution in [3.05, 3.63) is 0 Å². The number of ether oxygens (including phenoxy) is 1. The van der Waals surface area contributed by atoms with E-state index in [4.69, 9.17) is 10.6 Å². The smallest absolute Gasteiger partial charge is 0.311 e. The van der Waals surface area contributed by atoms with Crippen LogP contribution in [0, 0.1) is 0 Å². The molecule has 0 fully saturated rings. The number of esters is 1. The fourth-order valence-electron chi connectivity index (χ4n) is 0.956. The number of carbonyl (C=O) groups excluding carboxylic acids is 1. The van der Waals surface area contributed by atoms with Crippen LogP contribution >= 0.6 is 0 Å². The zero-order chi connectivity index (χ0) is 8.97. The van der Waals surface area contributed by atoms with Crippen molar-refractivity contribution >= 4 is 11.7 Å². The minimum Gasteiger partial charge on any atom is -0.469 e. The maximum atomic E-state index is 10.8. The van der Waals surface area contributed by atoms with E-state index in [1.165, 1.54) is 7.11 Å². The van der Waals surface area contributed by atoms with Crippen molar-refractivity contribution in [1.29, 1.82) is 0 Å². The fraction of sp³-hybridized carbons (Fsp3) is 0.714. The molecule has 0 spiro atoms. The second kappa shape index (κ2) is 4.06. The molecule has 0 aliphatic carbocycles. The molecule has 12 heavy (non-hydrogen) atoms. The second-order valence-electron chi connectivity index (χ2n) is 2.58. The molecule has 2 N–H and O–H groups in total. The number of nitrogens with zero attached hydrogens (tertiary/aromatic N) is 1. The van der Waals surface area contributed by atoms with E-state index in [1.807, 2.05) is 0 Å². The van der Waals surface area contributed by atoms with Gasteiger partial charge in [-0.1, -0.05) is 5.16 Å². The van der Waals surface area contributed by atoms with E-state index < -0.39 is 0 Å². The van der Waals surface area contributed by atoms with Gasteiger partial charge in [-0.15, -0.1) is 0 Å². The molecule has 0 aromatic rings. The number of hydrogen-bond acceptors (Lipinski definition) is 5. The zero-order valence-electron chi connectivity index (χ0n) is 6.95. The van der Waals surface area contributed by atoms with Gasteiger partial charge in [0.05, 0.1) is 19.2 Å².